The second-order valence-electron chi connectivity index (χ2n) is 6.88. The van der Waals surface area contributed by atoms with Crippen LogP contribution in [-0.4, -0.2) is 5.78 Å². The summed E-state index contributed by atoms with van der Waals surface area (Å²) in [7, 11) is 0. The molecule has 0 bridgehead atoms. The molecule has 3 aromatic carbocycles. The smallest absolute Gasteiger partial charge is 0.228 e. The first-order valence-corrected chi connectivity index (χ1v) is 9.49. The largest absolute Gasteiger partial charge is 0.287 e. The van der Waals surface area contributed by atoms with Gasteiger partial charge in [0.15, 0.2) is 12.4 Å². The Kier molecular flexibility index (Phi) is 5.39. The van der Waals surface area contributed by atoms with E-state index in [0.717, 1.165) is 23.1 Å². The Morgan fingerprint density at radius 3 is 1.93 bits per heavy atom. The molecule has 0 atom stereocenters. The van der Waals surface area contributed by atoms with Crippen LogP contribution in [-0.2, 0) is 13.0 Å². The van der Waals surface area contributed by atoms with E-state index in [2.05, 4.69) is 36.4 Å². The fraction of sp³-hybridized carbons (Fsp3) is 0.0769. The van der Waals surface area contributed by atoms with Gasteiger partial charge in [-0.05, 0) is 28.7 Å². The number of pyridine rings is 1. The highest BCUT2D eigenvalue weighted by Crippen LogP contribution is 2.23. The van der Waals surface area contributed by atoms with Crippen LogP contribution < -0.4 is 4.57 Å². The van der Waals surface area contributed by atoms with Gasteiger partial charge in [0, 0.05) is 17.7 Å². The van der Waals surface area contributed by atoms with Gasteiger partial charge in [-0.1, -0.05) is 84.9 Å². The molecule has 136 valence electrons. The highest BCUT2D eigenvalue weighted by molar-refractivity contribution is 6.01. The highest BCUT2D eigenvalue weighted by Gasteiger charge is 2.16. The molecule has 2 heteroatoms. The van der Waals surface area contributed by atoms with E-state index < -0.39 is 0 Å². The summed E-state index contributed by atoms with van der Waals surface area (Å²) in [6.45, 7) is 0.329. The third kappa shape index (κ3) is 4.24. The molecule has 0 spiro atoms. The first-order chi connectivity index (χ1) is 13.8. The molecule has 28 heavy (non-hydrogen) atoms. The highest BCUT2D eigenvalue weighted by atomic mass is 16.1. The summed E-state index contributed by atoms with van der Waals surface area (Å²) in [5.74, 6) is 0.111. The number of rotatable bonds is 6. The average molecular weight is 364 g/mol. The van der Waals surface area contributed by atoms with Crippen molar-refractivity contribution >= 4 is 5.78 Å². The molecule has 1 aromatic heterocycles. The Labute approximate surface area is 165 Å². The van der Waals surface area contributed by atoms with Crippen LogP contribution in [0.25, 0.3) is 11.1 Å². The number of aromatic nitrogens is 1. The zero-order valence-electron chi connectivity index (χ0n) is 15.7. The van der Waals surface area contributed by atoms with E-state index >= 15 is 0 Å². The number of carbonyl (C=O) groups excluding carboxylic acids is 1. The van der Waals surface area contributed by atoms with Gasteiger partial charge < -0.3 is 0 Å². The van der Waals surface area contributed by atoms with Crippen LogP contribution in [0.15, 0.2) is 109 Å². The molecule has 2 nitrogen and oxygen atoms in total. The molecule has 0 aliphatic heterocycles. The van der Waals surface area contributed by atoms with Gasteiger partial charge in [-0.3, -0.25) is 4.79 Å². The van der Waals surface area contributed by atoms with Crippen molar-refractivity contribution in [3.63, 3.8) is 0 Å². The fourth-order valence-corrected chi connectivity index (χ4v) is 3.39. The van der Waals surface area contributed by atoms with Crippen LogP contribution in [0.1, 0.15) is 21.5 Å². The van der Waals surface area contributed by atoms with Crippen molar-refractivity contribution in [2.24, 2.45) is 0 Å². The molecule has 0 saturated carbocycles. The van der Waals surface area contributed by atoms with Crippen molar-refractivity contribution in [1.82, 2.24) is 0 Å². The molecule has 0 aliphatic carbocycles. The standard InChI is InChI=1S/C26H22NO/c28-26(25-14-8-7-13-24(25)23-11-5-2-6-12-23)20-27-17-15-22(16-18-27)19-21-9-3-1-4-10-21/h1-18H,19-20H2/q+1. The van der Waals surface area contributed by atoms with Crippen molar-refractivity contribution in [2.75, 3.05) is 0 Å². The molecule has 0 aliphatic rings. The van der Waals surface area contributed by atoms with Crippen LogP contribution in [0, 0.1) is 0 Å². The summed E-state index contributed by atoms with van der Waals surface area (Å²) in [4.78, 5) is 13.0. The predicted molar refractivity (Wildman–Crippen MR) is 112 cm³/mol. The molecule has 0 radical (unpaired) electrons. The van der Waals surface area contributed by atoms with E-state index in [4.69, 9.17) is 0 Å². The Morgan fingerprint density at radius 1 is 0.643 bits per heavy atom. The number of ketones is 1. The predicted octanol–water partition coefficient (Wildman–Crippen LogP) is 5.11. The van der Waals surface area contributed by atoms with Gasteiger partial charge in [-0.15, -0.1) is 0 Å². The Morgan fingerprint density at radius 2 is 1.21 bits per heavy atom. The molecule has 0 unspecified atom stereocenters. The van der Waals surface area contributed by atoms with Crippen LogP contribution in [0.4, 0.5) is 0 Å². The maximum atomic E-state index is 13.0. The lowest BCUT2D eigenvalue weighted by molar-refractivity contribution is -0.683. The minimum absolute atomic E-state index is 0.111. The third-order valence-corrected chi connectivity index (χ3v) is 4.85. The van der Waals surface area contributed by atoms with Gasteiger partial charge in [0.05, 0.1) is 0 Å². The van der Waals surface area contributed by atoms with Crippen LogP contribution in [0.2, 0.25) is 0 Å². The quantitative estimate of drug-likeness (QED) is 0.344. The summed E-state index contributed by atoms with van der Waals surface area (Å²) in [5, 5.41) is 0. The lowest BCUT2D eigenvalue weighted by Crippen LogP contribution is -2.37. The molecule has 4 rings (SSSR count). The summed E-state index contributed by atoms with van der Waals surface area (Å²) in [6, 6.07) is 32.5. The van der Waals surface area contributed by atoms with Gasteiger partial charge >= 0.3 is 0 Å². The first-order valence-electron chi connectivity index (χ1n) is 9.49. The Hall–Kier alpha value is -3.52. The van der Waals surface area contributed by atoms with E-state index in [0.29, 0.717) is 6.54 Å². The van der Waals surface area contributed by atoms with Gasteiger partial charge in [-0.25, -0.2) is 0 Å². The molecule has 0 saturated heterocycles. The molecule has 4 aromatic rings. The molecule has 0 fully saturated rings. The third-order valence-electron chi connectivity index (χ3n) is 4.85. The second kappa shape index (κ2) is 8.45. The van der Waals surface area contributed by atoms with E-state index in [9.17, 15) is 4.79 Å². The van der Waals surface area contributed by atoms with Gasteiger partial charge in [0.1, 0.15) is 0 Å². The topological polar surface area (TPSA) is 20.9 Å². The van der Waals surface area contributed by atoms with E-state index in [1.165, 1.54) is 11.1 Å². The first kappa shape index (κ1) is 17.9. The lowest BCUT2D eigenvalue weighted by Gasteiger charge is -2.07. The van der Waals surface area contributed by atoms with Gasteiger partial charge in [0.25, 0.3) is 0 Å². The zero-order chi connectivity index (χ0) is 19.2. The van der Waals surface area contributed by atoms with Crippen LogP contribution in [0.3, 0.4) is 0 Å². The number of carbonyl (C=O) groups is 1. The summed E-state index contributed by atoms with van der Waals surface area (Å²) in [6.07, 6.45) is 4.87. The van der Waals surface area contributed by atoms with E-state index in [1.54, 1.807) is 0 Å². The summed E-state index contributed by atoms with van der Waals surface area (Å²) >= 11 is 0. The van der Waals surface area contributed by atoms with E-state index in [1.807, 2.05) is 77.6 Å². The second-order valence-corrected chi connectivity index (χ2v) is 6.88. The summed E-state index contributed by atoms with van der Waals surface area (Å²) < 4.78 is 1.94. The molecule has 0 amide bonds. The molecular weight excluding hydrogens is 342 g/mol. The lowest BCUT2D eigenvalue weighted by atomic mass is 9.97. The van der Waals surface area contributed by atoms with Crippen molar-refractivity contribution < 1.29 is 9.36 Å². The van der Waals surface area contributed by atoms with Crippen LogP contribution in [0.5, 0.6) is 0 Å². The maximum absolute atomic E-state index is 13.0. The monoisotopic (exact) mass is 364 g/mol. The van der Waals surface area contributed by atoms with Crippen LogP contribution >= 0.6 is 0 Å². The van der Waals surface area contributed by atoms with Crippen molar-refractivity contribution in [2.45, 2.75) is 13.0 Å². The molecule has 1 heterocycles. The number of Topliss-reactive ketones (excluding diaryl/α,β-unsaturated/α-hetero) is 1. The minimum atomic E-state index is 0.111. The van der Waals surface area contributed by atoms with Crippen molar-refractivity contribution in [3.05, 3.63) is 126 Å². The minimum Gasteiger partial charge on any atom is -0.287 e. The average Bonchev–Trinajstić information content (AvgIpc) is 2.76. The number of nitrogens with zero attached hydrogens (tertiary/aromatic N) is 1. The van der Waals surface area contributed by atoms with Crippen molar-refractivity contribution in [1.29, 1.82) is 0 Å². The molecule has 0 N–H and O–H groups in total. The zero-order valence-corrected chi connectivity index (χ0v) is 15.7. The number of benzene rings is 3. The van der Waals surface area contributed by atoms with Gasteiger partial charge in [0.2, 0.25) is 12.3 Å². The Balaban J connectivity index is 1.50. The van der Waals surface area contributed by atoms with Gasteiger partial charge in [-0.2, -0.15) is 4.57 Å². The SMILES string of the molecule is O=C(C[n+]1ccc(Cc2ccccc2)cc1)c1ccccc1-c1ccccc1. The number of hydrogen-bond acceptors (Lipinski definition) is 1. The summed E-state index contributed by atoms with van der Waals surface area (Å²) in [5.41, 5.74) is 5.33. The number of hydrogen-bond donors (Lipinski definition) is 0. The van der Waals surface area contributed by atoms with Crippen molar-refractivity contribution in [3.8, 4) is 11.1 Å². The van der Waals surface area contributed by atoms with E-state index in [-0.39, 0.29) is 5.78 Å². The normalized spacial score (nSPS) is 10.6. The Bertz CT molecular complexity index is 1050. The maximum Gasteiger partial charge on any atom is 0.228 e. The molecular formula is C26H22NO+. The fourth-order valence-electron chi connectivity index (χ4n) is 3.39.